The molecule has 0 fully saturated rings. The summed E-state index contributed by atoms with van der Waals surface area (Å²) in [5.74, 6) is 0. The van der Waals surface area contributed by atoms with Crippen molar-refractivity contribution in [2.45, 2.75) is 13.8 Å². The number of aryl methyl sites for hydroxylation is 1. The summed E-state index contributed by atoms with van der Waals surface area (Å²) >= 11 is 1.24. The maximum absolute atomic E-state index is 2.20. The molecule has 0 aliphatic carbocycles. The van der Waals surface area contributed by atoms with Gasteiger partial charge in [-0.05, 0) is 0 Å². The number of rotatable bonds is 0. The summed E-state index contributed by atoms with van der Waals surface area (Å²) in [5.41, 5.74) is 2.89. The molecule has 1 rings (SSSR count). The summed E-state index contributed by atoms with van der Waals surface area (Å²) in [7, 11) is 0. The molecule has 0 radical (unpaired) electrons. The van der Waals surface area contributed by atoms with E-state index in [4.69, 9.17) is 0 Å². The Labute approximate surface area is 69.8 Å². The molecule has 0 saturated carbocycles. The van der Waals surface area contributed by atoms with Gasteiger partial charge >= 0.3 is 69.7 Å². The molecular weight excluding hydrogens is 218 g/mol. The molecule has 1 aromatic carbocycles. The van der Waals surface area contributed by atoms with Crippen LogP contribution >= 0.6 is 0 Å². The fourth-order valence-corrected chi connectivity index (χ4v) is 1.74. The van der Waals surface area contributed by atoms with Gasteiger partial charge in [0.05, 0.1) is 0 Å². The standard InChI is InChI=1S/C8H9.Sb.2H/c1-7-5-3-4-6-8(7)2;;;/h3-5H,1-2H3;;;. The Hall–Kier alpha value is 0.0382. The topological polar surface area (TPSA) is 0 Å². The Kier molecular flexibility index (Phi) is 2.18. The Balaban J connectivity index is 3.25. The third-order valence-corrected chi connectivity index (χ3v) is 3.43. The molecule has 0 saturated heterocycles. The minimum absolute atomic E-state index is 1.24. The monoisotopic (exact) mass is 228 g/mol. The normalized spacial score (nSPS) is 9.67. The molecule has 1 heteroatoms. The van der Waals surface area contributed by atoms with Crippen molar-refractivity contribution in [1.82, 2.24) is 0 Å². The van der Waals surface area contributed by atoms with Crippen molar-refractivity contribution in [2.24, 2.45) is 0 Å². The maximum atomic E-state index is 2.20. The zero-order valence-electron chi connectivity index (χ0n) is 5.81. The van der Waals surface area contributed by atoms with Crippen molar-refractivity contribution in [3.05, 3.63) is 29.3 Å². The van der Waals surface area contributed by atoms with Gasteiger partial charge in [0, 0.05) is 0 Å². The van der Waals surface area contributed by atoms with Gasteiger partial charge in [0.15, 0.2) is 0 Å². The van der Waals surface area contributed by atoms with Crippen LogP contribution in [0.4, 0.5) is 0 Å². The molecule has 0 aliphatic heterocycles. The fourth-order valence-electron chi connectivity index (χ4n) is 0.774. The van der Waals surface area contributed by atoms with Gasteiger partial charge in [-0.3, -0.25) is 0 Å². The van der Waals surface area contributed by atoms with Crippen LogP contribution in [0.1, 0.15) is 11.1 Å². The predicted molar refractivity (Wildman–Crippen MR) is 44.1 cm³/mol. The Morgan fingerprint density at radius 1 is 1.22 bits per heavy atom. The quantitative estimate of drug-likeness (QED) is 0.570. The molecule has 0 spiro atoms. The molecule has 1 aromatic rings. The van der Waals surface area contributed by atoms with Gasteiger partial charge in [-0.25, -0.2) is 0 Å². The molecule has 0 amide bonds. The first-order chi connectivity index (χ1) is 4.22. The number of benzene rings is 1. The van der Waals surface area contributed by atoms with Crippen molar-refractivity contribution in [2.75, 3.05) is 0 Å². The van der Waals surface area contributed by atoms with Crippen LogP contribution in [0.2, 0.25) is 0 Å². The summed E-state index contributed by atoms with van der Waals surface area (Å²) < 4.78 is 1.51. The van der Waals surface area contributed by atoms with Crippen LogP contribution in [-0.4, -0.2) is 23.0 Å². The Morgan fingerprint density at radius 3 is 2.33 bits per heavy atom. The second kappa shape index (κ2) is 2.75. The third kappa shape index (κ3) is 1.49. The Morgan fingerprint density at radius 2 is 1.89 bits per heavy atom. The van der Waals surface area contributed by atoms with Crippen LogP contribution in [0, 0.1) is 13.8 Å². The predicted octanol–water partition coefficient (Wildman–Crippen LogP) is 0.562. The second-order valence-electron chi connectivity index (χ2n) is 2.29. The zero-order chi connectivity index (χ0) is 6.85. The van der Waals surface area contributed by atoms with E-state index in [1.165, 1.54) is 37.7 Å². The van der Waals surface area contributed by atoms with E-state index in [1.807, 2.05) is 0 Å². The van der Waals surface area contributed by atoms with E-state index in [0.29, 0.717) is 0 Å². The molecule has 0 N–H and O–H groups in total. The van der Waals surface area contributed by atoms with Crippen molar-refractivity contribution in [3.63, 3.8) is 0 Å². The molecule has 0 heterocycles. The van der Waals surface area contributed by atoms with Crippen LogP contribution in [0.5, 0.6) is 0 Å². The molecule has 0 unspecified atom stereocenters. The van der Waals surface area contributed by atoms with E-state index < -0.39 is 0 Å². The minimum atomic E-state index is 1.24. The van der Waals surface area contributed by atoms with Crippen molar-refractivity contribution in [3.8, 4) is 0 Å². The molecule has 0 aromatic heterocycles. The molecule has 0 bridgehead atoms. The second-order valence-corrected chi connectivity index (χ2v) is 4.06. The average molecular weight is 229 g/mol. The molecule has 48 valence electrons. The number of hydrogen-bond donors (Lipinski definition) is 0. The van der Waals surface area contributed by atoms with Gasteiger partial charge in [0.25, 0.3) is 0 Å². The summed E-state index contributed by atoms with van der Waals surface area (Å²) in [6.45, 7) is 4.35. The summed E-state index contributed by atoms with van der Waals surface area (Å²) in [6, 6.07) is 6.49. The van der Waals surface area contributed by atoms with Crippen molar-refractivity contribution >= 4 is 26.5 Å². The molecule has 0 aliphatic rings. The Bertz CT molecular complexity index is 196. The van der Waals surface area contributed by atoms with Crippen LogP contribution in [0.3, 0.4) is 0 Å². The molecule has 9 heavy (non-hydrogen) atoms. The van der Waals surface area contributed by atoms with Crippen molar-refractivity contribution < 1.29 is 0 Å². The van der Waals surface area contributed by atoms with Gasteiger partial charge < -0.3 is 0 Å². The first kappa shape index (κ1) is 7.15. The van der Waals surface area contributed by atoms with Crippen LogP contribution in [-0.2, 0) is 0 Å². The van der Waals surface area contributed by atoms with E-state index in [2.05, 4.69) is 32.0 Å². The van der Waals surface area contributed by atoms with Crippen LogP contribution in [0.15, 0.2) is 18.2 Å². The molecule has 0 atom stereocenters. The average Bonchev–Trinajstić information content (AvgIpc) is 1.83. The van der Waals surface area contributed by atoms with E-state index in [1.54, 1.807) is 0 Å². The molecular formula is C8H11Sb. The summed E-state index contributed by atoms with van der Waals surface area (Å²) in [6.07, 6.45) is 0. The van der Waals surface area contributed by atoms with E-state index in [-0.39, 0.29) is 0 Å². The first-order valence-electron chi connectivity index (χ1n) is 3.03. The van der Waals surface area contributed by atoms with Crippen molar-refractivity contribution in [1.29, 1.82) is 0 Å². The fraction of sp³-hybridized carbons (Fsp3) is 0.250. The SMILES string of the molecule is Cc1ccc[c]([SbH2])c1C. The van der Waals surface area contributed by atoms with Gasteiger partial charge in [-0.1, -0.05) is 0 Å². The van der Waals surface area contributed by atoms with E-state index >= 15 is 0 Å². The van der Waals surface area contributed by atoms with Gasteiger partial charge in [0.2, 0.25) is 0 Å². The first-order valence-corrected chi connectivity index (χ1v) is 4.68. The van der Waals surface area contributed by atoms with E-state index in [9.17, 15) is 0 Å². The summed E-state index contributed by atoms with van der Waals surface area (Å²) in [4.78, 5) is 0. The van der Waals surface area contributed by atoms with Crippen LogP contribution in [0.25, 0.3) is 0 Å². The third-order valence-electron chi connectivity index (χ3n) is 1.65. The zero-order valence-corrected chi connectivity index (χ0v) is 9.11. The van der Waals surface area contributed by atoms with Gasteiger partial charge in [-0.15, -0.1) is 0 Å². The molecule has 0 nitrogen and oxygen atoms in total. The van der Waals surface area contributed by atoms with Gasteiger partial charge in [-0.2, -0.15) is 0 Å². The van der Waals surface area contributed by atoms with Crippen LogP contribution < -0.4 is 3.51 Å². The number of hydrogen-bond acceptors (Lipinski definition) is 0. The van der Waals surface area contributed by atoms with Gasteiger partial charge in [0.1, 0.15) is 0 Å². The summed E-state index contributed by atoms with van der Waals surface area (Å²) in [5, 5.41) is 0. The van der Waals surface area contributed by atoms with E-state index in [0.717, 1.165) is 0 Å².